The second-order valence-corrected chi connectivity index (χ2v) is 12.7. The Morgan fingerprint density at radius 2 is 0.600 bits per heavy atom. The maximum Gasteiger partial charge on any atom is 0.140 e. The SMILES string of the molecule is CC(C)(C)C(=O)CCOCCOCCOCCOCCOCCOCCOCCOCCOCCOCCOCCOCCOCCOCCCCN=[N+]=[N-]. The first-order valence-electron chi connectivity index (χ1n) is 19.6. The minimum atomic E-state index is -0.319. The van der Waals surface area contributed by atoms with Crippen molar-refractivity contribution in [1.82, 2.24) is 0 Å². The molecule has 55 heavy (non-hydrogen) atoms. The summed E-state index contributed by atoms with van der Waals surface area (Å²) in [4.78, 5) is 14.5. The number of carbonyl (C=O) groups excluding carboxylic acids is 1. The Hall–Kier alpha value is -1.58. The highest BCUT2D eigenvalue weighted by Crippen LogP contribution is 2.16. The average Bonchev–Trinajstić information content (AvgIpc) is 3.17. The van der Waals surface area contributed by atoms with Crippen LogP contribution in [0, 0.1) is 5.41 Å². The third-order valence-corrected chi connectivity index (χ3v) is 7.01. The molecule has 18 nitrogen and oxygen atoms in total. The van der Waals surface area contributed by atoms with Gasteiger partial charge in [-0.05, 0) is 18.4 Å². The van der Waals surface area contributed by atoms with Gasteiger partial charge < -0.3 is 66.3 Å². The fourth-order valence-corrected chi connectivity index (χ4v) is 3.93. The van der Waals surface area contributed by atoms with Gasteiger partial charge in [0.25, 0.3) is 0 Å². The topological polar surface area (TPSA) is 195 Å². The van der Waals surface area contributed by atoms with Crippen molar-refractivity contribution in [3.05, 3.63) is 10.4 Å². The summed E-state index contributed by atoms with van der Waals surface area (Å²) in [5.41, 5.74) is 7.87. The highest BCUT2D eigenvalue weighted by atomic mass is 16.6. The maximum absolute atomic E-state index is 11.8. The number of carbonyl (C=O) groups is 1. The fourth-order valence-electron chi connectivity index (χ4n) is 3.93. The van der Waals surface area contributed by atoms with Crippen LogP contribution in [0.5, 0.6) is 0 Å². The lowest BCUT2D eigenvalue weighted by Crippen LogP contribution is -2.22. The summed E-state index contributed by atoms with van der Waals surface area (Å²) in [6.07, 6.45) is 2.12. The van der Waals surface area contributed by atoms with Gasteiger partial charge in [-0.15, -0.1) is 0 Å². The second kappa shape index (κ2) is 45.1. The van der Waals surface area contributed by atoms with Gasteiger partial charge in [0.15, 0.2) is 0 Å². The van der Waals surface area contributed by atoms with Crippen LogP contribution in [0.4, 0.5) is 0 Å². The lowest BCUT2D eigenvalue weighted by atomic mass is 9.89. The third-order valence-electron chi connectivity index (χ3n) is 7.01. The zero-order chi connectivity index (χ0) is 40.0. The molecule has 326 valence electrons. The van der Waals surface area contributed by atoms with E-state index in [4.69, 9.17) is 71.8 Å². The lowest BCUT2D eigenvalue weighted by Gasteiger charge is -2.16. The molecule has 0 bridgehead atoms. The van der Waals surface area contributed by atoms with E-state index in [1.165, 1.54) is 0 Å². The summed E-state index contributed by atoms with van der Waals surface area (Å²) in [7, 11) is 0. The van der Waals surface area contributed by atoms with Crippen LogP contribution in [0.2, 0.25) is 0 Å². The van der Waals surface area contributed by atoms with E-state index in [1.54, 1.807) is 0 Å². The summed E-state index contributed by atoms with van der Waals surface area (Å²) >= 11 is 0. The highest BCUT2D eigenvalue weighted by Gasteiger charge is 2.20. The number of nitrogens with zero attached hydrogens (tertiary/aromatic N) is 3. The summed E-state index contributed by atoms with van der Waals surface area (Å²) in [6.45, 7) is 20.2. The highest BCUT2D eigenvalue weighted by molar-refractivity contribution is 5.83. The molecule has 0 aromatic heterocycles. The van der Waals surface area contributed by atoms with Gasteiger partial charge in [-0.1, -0.05) is 25.9 Å². The smallest absolute Gasteiger partial charge is 0.140 e. The number of ether oxygens (including phenoxy) is 14. The van der Waals surface area contributed by atoms with Crippen LogP contribution >= 0.6 is 0 Å². The molecule has 0 aromatic carbocycles. The van der Waals surface area contributed by atoms with E-state index >= 15 is 0 Å². The molecule has 0 unspecified atom stereocenters. The lowest BCUT2D eigenvalue weighted by molar-refractivity contribution is -0.127. The van der Waals surface area contributed by atoms with E-state index in [9.17, 15) is 4.79 Å². The molecular formula is C37H73N3O15. The Balaban J connectivity index is 3.09. The van der Waals surface area contributed by atoms with Crippen LogP contribution in [0.1, 0.15) is 40.0 Å². The molecule has 0 aliphatic carbocycles. The van der Waals surface area contributed by atoms with Crippen molar-refractivity contribution in [2.75, 3.05) is 192 Å². The molecule has 0 aliphatic heterocycles. The minimum Gasteiger partial charge on any atom is -0.379 e. The number of rotatable bonds is 47. The Kier molecular flexibility index (Phi) is 43.8. The normalized spacial score (nSPS) is 11.7. The van der Waals surface area contributed by atoms with E-state index in [0.29, 0.717) is 198 Å². The van der Waals surface area contributed by atoms with Gasteiger partial charge in [-0.2, -0.15) is 0 Å². The number of hydrogen-bond acceptors (Lipinski definition) is 16. The first-order valence-corrected chi connectivity index (χ1v) is 19.6. The average molecular weight is 800 g/mol. The maximum atomic E-state index is 11.8. The summed E-state index contributed by atoms with van der Waals surface area (Å²) in [5, 5.41) is 3.47. The van der Waals surface area contributed by atoms with E-state index in [2.05, 4.69) is 10.0 Å². The van der Waals surface area contributed by atoms with Gasteiger partial charge in [0.1, 0.15) is 5.78 Å². The molecule has 0 atom stereocenters. The van der Waals surface area contributed by atoms with Gasteiger partial charge in [-0.3, -0.25) is 4.79 Å². The molecule has 0 saturated heterocycles. The van der Waals surface area contributed by atoms with E-state index in [-0.39, 0.29) is 11.2 Å². The van der Waals surface area contributed by atoms with Gasteiger partial charge in [0.05, 0.1) is 178 Å². The minimum absolute atomic E-state index is 0.199. The van der Waals surface area contributed by atoms with Gasteiger partial charge in [0, 0.05) is 29.9 Å². The van der Waals surface area contributed by atoms with Crippen LogP contribution in [-0.4, -0.2) is 197 Å². The monoisotopic (exact) mass is 800 g/mol. The molecule has 0 fully saturated rings. The van der Waals surface area contributed by atoms with Crippen LogP contribution in [0.3, 0.4) is 0 Å². The Morgan fingerprint density at radius 1 is 0.382 bits per heavy atom. The molecule has 0 radical (unpaired) electrons. The Bertz CT molecular complexity index is 836. The number of hydrogen-bond donors (Lipinski definition) is 0. The first kappa shape index (κ1) is 53.4. The van der Waals surface area contributed by atoms with E-state index in [0.717, 1.165) is 12.8 Å². The number of azide groups is 1. The van der Waals surface area contributed by atoms with E-state index in [1.807, 2.05) is 20.8 Å². The van der Waals surface area contributed by atoms with Crippen molar-refractivity contribution in [2.24, 2.45) is 10.5 Å². The number of ketones is 1. The molecule has 0 heterocycles. The Labute approximate surface area is 329 Å². The summed E-state index contributed by atoms with van der Waals surface area (Å²) in [6, 6.07) is 0. The summed E-state index contributed by atoms with van der Waals surface area (Å²) in [5.74, 6) is 0.199. The molecular weight excluding hydrogens is 726 g/mol. The van der Waals surface area contributed by atoms with Crippen molar-refractivity contribution >= 4 is 5.78 Å². The number of Topliss-reactive ketones (excluding diaryl/α,β-unsaturated/α-hetero) is 1. The zero-order valence-electron chi connectivity index (χ0n) is 34.1. The first-order chi connectivity index (χ1) is 27.0. The molecule has 0 aromatic rings. The Morgan fingerprint density at radius 3 is 0.818 bits per heavy atom. The molecule has 0 aliphatic rings. The van der Waals surface area contributed by atoms with Crippen molar-refractivity contribution < 1.29 is 71.1 Å². The van der Waals surface area contributed by atoms with Crippen LogP contribution in [-0.2, 0) is 71.1 Å². The molecule has 0 saturated carbocycles. The van der Waals surface area contributed by atoms with Gasteiger partial charge in [0.2, 0.25) is 0 Å². The van der Waals surface area contributed by atoms with Gasteiger partial charge >= 0.3 is 0 Å². The summed E-state index contributed by atoms with van der Waals surface area (Å²) < 4.78 is 76.5. The standard InChI is InChI=1S/C37H73N3O15/c1-37(2,3)36(41)6-9-43-11-13-45-15-17-47-19-21-49-23-25-51-27-29-53-31-33-55-35-34-54-32-30-52-28-26-50-24-22-48-20-18-46-16-14-44-12-10-42-8-5-4-7-39-40-38/h4-35H2,1-3H3. The zero-order valence-corrected chi connectivity index (χ0v) is 34.1. The molecule has 0 N–H and O–H groups in total. The van der Waals surface area contributed by atoms with Gasteiger partial charge in [-0.25, -0.2) is 0 Å². The third kappa shape index (κ3) is 46.7. The van der Waals surface area contributed by atoms with Crippen molar-refractivity contribution in [3.8, 4) is 0 Å². The van der Waals surface area contributed by atoms with Crippen molar-refractivity contribution in [1.29, 1.82) is 0 Å². The van der Waals surface area contributed by atoms with Crippen LogP contribution in [0.25, 0.3) is 10.4 Å². The van der Waals surface area contributed by atoms with Crippen LogP contribution in [0.15, 0.2) is 5.11 Å². The molecule has 18 heteroatoms. The predicted octanol–water partition coefficient (Wildman–Crippen LogP) is 3.31. The number of unbranched alkanes of at least 4 members (excludes halogenated alkanes) is 1. The predicted molar refractivity (Wildman–Crippen MR) is 204 cm³/mol. The fraction of sp³-hybridized carbons (Fsp3) is 0.973. The van der Waals surface area contributed by atoms with Crippen molar-refractivity contribution in [2.45, 2.75) is 40.0 Å². The second-order valence-electron chi connectivity index (χ2n) is 12.7. The van der Waals surface area contributed by atoms with Crippen LogP contribution < -0.4 is 0 Å². The van der Waals surface area contributed by atoms with E-state index < -0.39 is 0 Å². The molecule has 0 rings (SSSR count). The quantitative estimate of drug-likeness (QED) is 0.0376. The largest absolute Gasteiger partial charge is 0.379 e. The molecule has 0 amide bonds. The van der Waals surface area contributed by atoms with Crippen molar-refractivity contribution in [3.63, 3.8) is 0 Å². The molecule has 0 spiro atoms.